The summed E-state index contributed by atoms with van der Waals surface area (Å²) >= 11 is 0. The van der Waals surface area contributed by atoms with Crippen molar-refractivity contribution in [2.45, 2.75) is 111 Å². The van der Waals surface area contributed by atoms with Crippen LogP contribution < -0.4 is 10.4 Å². The second-order valence-electron chi connectivity index (χ2n) is 21.2. The Morgan fingerprint density at radius 2 is 1.34 bits per heavy atom. The molecule has 1 aliphatic carbocycles. The van der Waals surface area contributed by atoms with Gasteiger partial charge in [-0.1, -0.05) is 169 Å². The van der Waals surface area contributed by atoms with Crippen molar-refractivity contribution in [3.8, 4) is 39.5 Å². The summed E-state index contributed by atoms with van der Waals surface area (Å²) < 4.78 is 8.69. The Kier molecular flexibility index (Phi) is 14.3. The van der Waals surface area contributed by atoms with Crippen LogP contribution in [0.3, 0.4) is 0 Å². The van der Waals surface area contributed by atoms with E-state index in [1.54, 1.807) is 10.8 Å². The molecule has 1 radical (unpaired) electrons. The van der Waals surface area contributed by atoms with Crippen molar-refractivity contribution in [1.29, 1.82) is 0 Å². The van der Waals surface area contributed by atoms with Gasteiger partial charge in [0.1, 0.15) is 5.58 Å². The van der Waals surface area contributed by atoms with Crippen LogP contribution in [0.25, 0.3) is 72.4 Å². The summed E-state index contributed by atoms with van der Waals surface area (Å²) in [4.78, 5) is 10.0. The summed E-state index contributed by atoms with van der Waals surface area (Å²) in [6, 6.07) is 52.3. The third-order valence-electron chi connectivity index (χ3n) is 13.6. The Hall–Kier alpha value is -5.18. The van der Waals surface area contributed by atoms with Crippen LogP contribution in [0.5, 0.6) is 0 Å². The van der Waals surface area contributed by atoms with E-state index in [1.165, 1.54) is 65.2 Å². The Balaban J connectivity index is 0.000000223. The number of furan rings is 1. The standard InChI is InChI=1S/C40H39N2OSi.C20H26NSi.Ir/c1-25(2)31-22-29(27-13-9-8-10-14-27)23-32(26(3)4)39(31)42-36-16-12-11-15-35(36)41-40(42)28-17-19-37-33(21-28)34-24-30(44(5,6)7)18-20-38(34)43-37;1-22(2,3)20-15-21-19(17-11-5-4-6-12-17)14-18(20)13-16-9-7-8-10-16;/h8-16,18-26H,1-7H3;4-6,11,14-16H,7-10,13H2,1-3H3;/q2*-1;. The Morgan fingerprint density at radius 3 is 2.00 bits per heavy atom. The molecule has 0 spiro atoms. The van der Waals surface area contributed by atoms with E-state index in [1.807, 2.05) is 18.2 Å². The third kappa shape index (κ3) is 10.2. The molecule has 0 amide bonds. The fraction of sp³-hybridized carbons (Fsp3) is 0.300. The molecule has 0 unspecified atom stereocenters. The summed E-state index contributed by atoms with van der Waals surface area (Å²) in [6.07, 6.45) is 9.03. The maximum absolute atomic E-state index is 6.30. The van der Waals surface area contributed by atoms with Crippen molar-refractivity contribution in [3.05, 3.63) is 162 Å². The molecule has 3 heterocycles. The van der Waals surface area contributed by atoms with Gasteiger partial charge in [-0.15, -0.1) is 59.7 Å². The summed E-state index contributed by atoms with van der Waals surface area (Å²) in [5, 5.41) is 5.24. The van der Waals surface area contributed by atoms with Gasteiger partial charge < -0.3 is 14.0 Å². The molecule has 0 aliphatic heterocycles. The predicted molar refractivity (Wildman–Crippen MR) is 286 cm³/mol. The minimum Gasteiger partial charge on any atom is -0.500 e. The van der Waals surface area contributed by atoms with Crippen molar-refractivity contribution < 1.29 is 24.5 Å². The van der Waals surface area contributed by atoms with Crippen molar-refractivity contribution in [3.63, 3.8) is 0 Å². The van der Waals surface area contributed by atoms with Crippen LogP contribution in [0.1, 0.15) is 81.9 Å². The molecule has 6 aromatic carbocycles. The van der Waals surface area contributed by atoms with E-state index in [-0.39, 0.29) is 20.1 Å². The zero-order chi connectivity index (χ0) is 46.3. The number of pyridine rings is 1. The van der Waals surface area contributed by atoms with Crippen molar-refractivity contribution in [2.75, 3.05) is 0 Å². The molecule has 3 aromatic heterocycles. The van der Waals surface area contributed by atoms with E-state index in [4.69, 9.17) is 14.4 Å². The van der Waals surface area contributed by atoms with Crippen LogP contribution in [0.2, 0.25) is 39.3 Å². The van der Waals surface area contributed by atoms with E-state index in [9.17, 15) is 0 Å². The van der Waals surface area contributed by atoms with Crippen molar-refractivity contribution >= 4 is 59.5 Å². The average molecular weight is 1090 g/mol. The quantitative estimate of drug-likeness (QED) is 0.101. The predicted octanol–water partition coefficient (Wildman–Crippen LogP) is 15.7. The van der Waals surface area contributed by atoms with Gasteiger partial charge in [-0.05, 0) is 87.6 Å². The normalized spacial score (nSPS) is 13.4. The fourth-order valence-corrected chi connectivity index (χ4v) is 12.7. The molecule has 1 fully saturated rings. The SMILES string of the molecule is CC(C)c1cc(-c2ccccc2)cc(C(C)C)c1-n1c(-c2[c-]cc3oc4ccc([Si](C)(C)C)cc4c3c2)nc2ccccc21.C[Si](C)(C)c1cnc(-c2[c-]cccc2)cc1CC1CCCC1.[Ir]. The van der Waals surface area contributed by atoms with E-state index in [0.29, 0.717) is 11.8 Å². The van der Waals surface area contributed by atoms with E-state index in [2.05, 4.69) is 199 Å². The van der Waals surface area contributed by atoms with Gasteiger partial charge in [0.15, 0.2) is 0 Å². The molecule has 1 aliphatic rings. The number of hydrogen-bond acceptors (Lipinski definition) is 3. The molecule has 1 saturated carbocycles. The Bertz CT molecular complexity index is 3120. The summed E-state index contributed by atoms with van der Waals surface area (Å²) in [5.41, 5.74) is 14.9. The number of hydrogen-bond donors (Lipinski definition) is 0. The smallest absolute Gasteiger partial charge is 0.120 e. The van der Waals surface area contributed by atoms with Crippen LogP contribution >= 0.6 is 0 Å². The van der Waals surface area contributed by atoms with Crippen molar-refractivity contribution in [2.24, 2.45) is 5.92 Å². The van der Waals surface area contributed by atoms with Gasteiger partial charge in [-0.3, -0.25) is 4.98 Å². The van der Waals surface area contributed by atoms with Crippen LogP contribution in [0.4, 0.5) is 0 Å². The zero-order valence-corrected chi connectivity index (χ0v) is 45.4. The molecule has 9 aromatic rings. The molecular formula is C60H65IrN3OSi2-2. The van der Waals surface area contributed by atoms with E-state index in [0.717, 1.165) is 61.5 Å². The summed E-state index contributed by atoms with van der Waals surface area (Å²) in [7, 11) is -2.84. The minimum atomic E-state index is -1.49. The largest absolute Gasteiger partial charge is 0.500 e. The second-order valence-corrected chi connectivity index (χ2v) is 31.3. The second kappa shape index (κ2) is 19.8. The molecule has 7 heteroatoms. The van der Waals surface area contributed by atoms with Crippen LogP contribution in [0.15, 0.2) is 138 Å². The monoisotopic (exact) mass is 1090 g/mol. The summed E-state index contributed by atoms with van der Waals surface area (Å²) in [5.74, 6) is 2.40. The van der Waals surface area contributed by atoms with Crippen LogP contribution in [-0.2, 0) is 26.5 Å². The average Bonchev–Trinajstić information content (AvgIpc) is 4.06. The molecule has 10 rings (SSSR count). The Labute approximate surface area is 414 Å². The number of rotatable bonds is 10. The molecule has 0 atom stereocenters. The maximum atomic E-state index is 6.30. The summed E-state index contributed by atoms with van der Waals surface area (Å²) in [6.45, 7) is 23.6. The van der Waals surface area contributed by atoms with Gasteiger partial charge in [-0.25, -0.2) is 0 Å². The van der Waals surface area contributed by atoms with Crippen molar-refractivity contribution in [1.82, 2.24) is 14.5 Å². The first-order chi connectivity index (χ1) is 31.6. The fourth-order valence-electron chi connectivity index (χ4n) is 9.93. The first-order valence-electron chi connectivity index (χ1n) is 24.2. The Morgan fingerprint density at radius 1 is 0.672 bits per heavy atom. The number of benzene rings is 6. The molecule has 0 N–H and O–H groups in total. The van der Waals surface area contributed by atoms with Gasteiger partial charge in [0, 0.05) is 37.4 Å². The molecule has 345 valence electrons. The molecule has 67 heavy (non-hydrogen) atoms. The number of nitrogens with zero attached hydrogens (tertiary/aromatic N) is 3. The maximum Gasteiger partial charge on any atom is 0.120 e. The zero-order valence-electron chi connectivity index (χ0n) is 41.1. The number of para-hydroxylation sites is 2. The van der Waals surface area contributed by atoms with Gasteiger partial charge in [-0.2, -0.15) is 0 Å². The molecular weight excluding hydrogens is 1030 g/mol. The van der Waals surface area contributed by atoms with Crippen LogP contribution in [0, 0.1) is 18.1 Å². The third-order valence-corrected chi connectivity index (χ3v) is 17.7. The molecule has 0 bridgehead atoms. The van der Waals surface area contributed by atoms with Crippen LogP contribution in [-0.4, -0.2) is 30.7 Å². The van der Waals surface area contributed by atoms with Gasteiger partial charge in [0.2, 0.25) is 0 Å². The number of aromatic nitrogens is 3. The van der Waals surface area contributed by atoms with Gasteiger partial charge in [0.25, 0.3) is 0 Å². The molecule has 0 saturated heterocycles. The van der Waals surface area contributed by atoms with Gasteiger partial charge >= 0.3 is 0 Å². The minimum absolute atomic E-state index is 0. The van der Waals surface area contributed by atoms with E-state index >= 15 is 0 Å². The first kappa shape index (κ1) is 48.3. The first-order valence-corrected chi connectivity index (χ1v) is 31.2. The number of fused-ring (bicyclic) bond motifs is 4. The number of imidazole rings is 1. The molecule has 4 nitrogen and oxygen atoms in total. The van der Waals surface area contributed by atoms with E-state index < -0.39 is 16.1 Å². The topological polar surface area (TPSA) is 43.9 Å². The van der Waals surface area contributed by atoms with Gasteiger partial charge in [0.05, 0.1) is 38.6 Å².